The van der Waals surface area contributed by atoms with Gasteiger partial charge in [-0.25, -0.2) is 0 Å². The minimum absolute atomic E-state index is 0.511. The summed E-state index contributed by atoms with van der Waals surface area (Å²) in [5.74, 6) is 1.66. The van der Waals surface area contributed by atoms with Gasteiger partial charge < -0.3 is 15.2 Å². The van der Waals surface area contributed by atoms with Crippen molar-refractivity contribution in [3.8, 4) is 17.2 Å². The van der Waals surface area contributed by atoms with E-state index in [4.69, 9.17) is 26.8 Å². The number of anilines is 1. The first kappa shape index (κ1) is 11.5. The Morgan fingerprint density at radius 3 is 2.71 bits per heavy atom. The van der Waals surface area contributed by atoms with Crippen LogP contribution in [0.4, 0.5) is 5.69 Å². The quantitative estimate of drug-likeness (QED) is 0.851. The van der Waals surface area contributed by atoms with E-state index in [-0.39, 0.29) is 0 Å². The molecule has 0 atom stereocenters. The van der Waals surface area contributed by atoms with Gasteiger partial charge in [0.2, 0.25) is 0 Å². The van der Waals surface area contributed by atoms with Crippen molar-refractivity contribution in [2.75, 3.05) is 12.8 Å². The number of ether oxygens (including phenoxy) is 2. The predicted octanol–water partition coefficient (Wildman–Crippen LogP) is 3.12. The zero-order valence-electron chi connectivity index (χ0n) is 9.18. The molecule has 2 aromatic rings. The van der Waals surface area contributed by atoms with Crippen molar-refractivity contribution < 1.29 is 9.47 Å². The number of halogens is 1. The summed E-state index contributed by atoms with van der Waals surface area (Å²) >= 11 is 5.82. The lowest BCUT2D eigenvalue weighted by atomic mass is 10.3. The number of hydrogen-bond donors (Lipinski definition) is 1. The molecule has 2 N–H and O–H groups in total. The number of methoxy groups -OCH3 is 1. The fourth-order valence-corrected chi connectivity index (χ4v) is 1.51. The number of aromatic nitrogens is 1. The standard InChI is InChI=1S/C12H11ClN2O2/c1-16-12-5-9(14)2-3-11(12)17-10-4-8(13)6-15-7-10/h2-7H,14H2,1H3. The fraction of sp³-hybridized carbons (Fsp3) is 0.0833. The van der Waals surface area contributed by atoms with E-state index in [0.717, 1.165) is 0 Å². The summed E-state index contributed by atoms with van der Waals surface area (Å²) in [7, 11) is 1.55. The van der Waals surface area contributed by atoms with Crippen LogP contribution in [0.2, 0.25) is 5.02 Å². The number of hydrogen-bond acceptors (Lipinski definition) is 4. The van der Waals surface area contributed by atoms with Gasteiger partial charge in [0, 0.05) is 24.0 Å². The molecule has 0 bridgehead atoms. The maximum Gasteiger partial charge on any atom is 0.169 e. The van der Waals surface area contributed by atoms with Gasteiger partial charge in [-0.1, -0.05) is 11.6 Å². The maximum absolute atomic E-state index is 5.82. The highest BCUT2D eigenvalue weighted by molar-refractivity contribution is 6.30. The van der Waals surface area contributed by atoms with Crippen LogP contribution in [0.15, 0.2) is 36.7 Å². The maximum atomic E-state index is 5.82. The van der Waals surface area contributed by atoms with Gasteiger partial charge in [-0.05, 0) is 12.1 Å². The Morgan fingerprint density at radius 2 is 2.00 bits per heavy atom. The number of rotatable bonds is 3. The molecule has 4 nitrogen and oxygen atoms in total. The minimum Gasteiger partial charge on any atom is -0.493 e. The van der Waals surface area contributed by atoms with Crippen LogP contribution in [-0.2, 0) is 0 Å². The predicted molar refractivity (Wildman–Crippen MR) is 66.7 cm³/mol. The van der Waals surface area contributed by atoms with Crippen LogP contribution in [0.1, 0.15) is 0 Å². The molecule has 1 aromatic heterocycles. The summed E-state index contributed by atoms with van der Waals surface area (Å²) in [4.78, 5) is 3.93. The number of benzene rings is 1. The molecule has 0 saturated heterocycles. The Morgan fingerprint density at radius 1 is 1.18 bits per heavy atom. The molecule has 1 aromatic carbocycles. The molecule has 0 spiro atoms. The fourth-order valence-electron chi connectivity index (χ4n) is 1.34. The van der Waals surface area contributed by atoms with Crippen molar-refractivity contribution in [2.24, 2.45) is 0 Å². The molecule has 88 valence electrons. The van der Waals surface area contributed by atoms with Crippen molar-refractivity contribution >= 4 is 17.3 Å². The van der Waals surface area contributed by atoms with Gasteiger partial charge in [0.05, 0.1) is 18.3 Å². The molecular weight excluding hydrogens is 240 g/mol. The van der Waals surface area contributed by atoms with E-state index < -0.39 is 0 Å². The largest absolute Gasteiger partial charge is 0.493 e. The summed E-state index contributed by atoms with van der Waals surface area (Å²) in [6, 6.07) is 6.82. The number of pyridine rings is 1. The molecule has 0 unspecified atom stereocenters. The topological polar surface area (TPSA) is 57.4 Å². The van der Waals surface area contributed by atoms with Crippen LogP contribution in [0.3, 0.4) is 0 Å². The molecule has 2 rings (SSSR count). The van der Waals surface area contributed by atoms with Gasteiger partial charge >= 0.3 is 0 Å². The number of nitrogens with two attached hydrogens (primary N) is 1. The van der Waals surface area contributed by atoms with Crippen molar-refractivity contribution in [2.45, 2.75) is 0 Å². The van der Waals surface area contributed by atoms with E-state index in [1.807, 2.05) is 0 Å². The van der Waals surface area contributed by atoms with E-state index in [9.17, 15) is 0 Å². The van der Waals surface area contributed by atoms with E-state index in [1.54, 1.807) is 37.6 Å². The van der Waals surface area contributed by atoms with Crippen molar-refractivity contribution in [1.29, 1.82) is 0 Å². The van der Waals surface area contributed by atoms with Gasteiger partial charge in [-0.3, -0.25) is 4.98 Å². The molecule has 1 heterocycles. The third-order valence-electron chi connectivity index (χ3n) is 2.10. The molecule has 0 aliphatic rings. The second-order valence-electron chi connectivity index (χ2n) is 3.35. The summed E-state index contributed by atoms with van der Waals surface area (Å²) in [5, 5.41) is 0.511. The SMILES string of the molecule is COc1cc(N)ccc1Oc1cncc(Cl)c1. The van der Waals surface area contributed by atoms with Crippen LogP contribution in [0, 0.1) is 0 Å². The Balaban J connectivity index is 2.29. The van der Waals surface area contributed by atoms with Gasteiger partial charge in [0.1, 0.15) is 5.75 Å². The second-order valence-corrected chi connectivity index (χ2v) is 3.79. The second kappa shape index (κ2) is 4.93. The highest BCUT2D eigenvalue weighted by atomic mass is 35.5. The van der Waals surface area contributed by atoms with Gasteiger partial charge in [-0.15, -0.1) is 0 Å². The molecule has 0 amide bonds. The third kappa shape index (κ3) is 2.79. The van der Waals surface area contributed by atoms with E-state index in [0.29, 0.717) is 28.0 Å². The molecule has 0 saturated carbocycles. The van der Waals surface area contributed by atoms with Crippen molar-refractivity contribution in [3.63, 3.8) is 0 Å². The normalized spacial score (nSPS) is 10.0. The van der Waals surface area contributed by atoms with Gasteiger partial charge in [0.25, 0.3) is 0 Å². The van der Waals surface area contributed by atoms with Crippen LogP contribution >= 0.6 is 11.6 Å². The zero-order chi connectivity index (χ0) is 12.3. The van der Waals surface area contributed by atoms with E-state index in [2.05, 4.69) is 4.98 Å². The lowest BCUT2D eigenvalue weighted by Gasteiger charge is -2.10. The van der Waals surface area contributed by atoms with Gasteiger partial charge in [0.15, 0.2) is 11.5 Å². The Labute approximate surface area is 104 Å². The Bertz CT molecular complexity index is 532. The molecule has 0 aliphatic heterocycles. The van der Waals surface area contributed by atoms with Crippen LogP contribution in [0.25, 0.3) is 0 Å². The summed E-state index contributed by atoms with van der Waals surface area (Å²) in [5.41, 5.74) is 6.26. The van der Waals surface area contributed by atoms with Crippen molar-refractivity contribution in [1.82, 2.24) is 4.98 Å². The van der Waals surface area contributed by atoms with Crippen LogP contribution in [-0.4, -0.2) is 12.1 Å². The average Bonchev–Trinajstić information content (AvgIpc) is 2.31. The van der Waals surface area contributed by atoms with Crippen molar-refractivity contribution in [3.05, 3.63) is 41.7 Å². The molecule has 0 aliphatic carbocycles. The molecule has 17 heavy (non-hydrogen) atoms. The molecular formula is C12H11ClN2O2. The summed E-state index contributed by atoms with van der Waals surface area (Å²) < 4.78 is 10.8. The van der Waals surface area contributed by atoms with E-state index >= 15 is 0 Å². The highest BCUT2D eigenvalue weighted by Crippen LogP contribution is 2.33. The summed E-state index contributed by atoms with van der Waals surface area (Å²) in [6.07, 6.45) is 3.11. The molecule has 0 fully saturated rings. The molecule has 0 radical (unpaired) electrons. The number of nitrogens with zero attached hydrogens (tertiary/aromatic N) is 1. The molecule has 5 heteroatoms. The van der Waals surface area contributed by atoms with E-state index in [1.165, 1.54) is 6.20 Å². The van der Waals surface area contributed by atoms with Crippen LogP contribution < -0.4 is 15.2 Å². The first-order valence-corrected chi connectivity index (χ1v) is 5.29. The zero-order valence-corrected chi connectivity index (χ0v) is 9.94. The van der Waals surface area contributed by atoms with Gasteiger partial charge in [-0.2, -0.15) is 0 Å². The average molecular weight is 251 g/mol. The number of nitrogen functional groups attached to an aromatic ring is 1. The van der Waals surface area contributed by atoms with Crippen LogP contribution in [0.5, 0.6) is 17.2 Å². The third-order valence-corrected chi connectivity index (χ3v) is 2.30. The smallest absolute Gasteiger partial charge is 0.169 e. The summed E-state index contributed by atoms with van der Waals surface area (Å²) in [6.45, 7) is 0. The highest BCUT2D eigenvalue weighted by Gasteiger charge is 2.06. The lowest BCUT2D eigenvalue weighted by Crippen LogP contribution is -1.93. The monoisotopic (exact) mass is 250 g/mol. The Kier molecular flexibility index (Phi) is 3.35. The first-order valence-electron chi connectivity index (χ1n) is 4.91. The minimum atomic E-state index is 0.511. The lowest BCUT2D eigenvalue weighted by molar-refractivity contribution is 0.378. The first-order chi connectivity index (χ1) is 8.19. The Hall–Kier alpha value is -1.94.